The van der Waals surface area contributed by atoms with E-state index in [0.717, 1.165) is 25.7 Å². The lowest BCUT2D eigenvalue weighted by molar-refractivity contribution is -0.174. The number of carbonyl (C=O) groups excluding carboxylic acids is 1. The van der Waals surface area contributed by atoms with E-state index in [1.165, 1.54) is 0 Å². The minimum atomic E-state index is -0.944. The highest BCUT2D eigenvalue weighted by Crippen LogP contribution is 2.67. The van der Waals surface area contributed by atoms with E-state index in [-0.39, 0.29) is 39.8 Å². The van der Waals surface area contributed by atoms with Crippen molar-refractivity contribution in [3.8, 4) is 0 Å². The predicted octanol–water partition coefficient (Wildman–Crippen LogP) is 4.12. The lowest BCUT2D eigenvalue weighted by Gasteiger charge is -2.61. The van der Waals surface area contributed by atoms with Gasteiger partial charge in [-0.25, -0.2) is 0 Å². The van der Waals surface area contributed by atoms with E-state index in [1.807, 2.05) is 20.8 Å². The Balaban J connectivity index is 1.56. The first-order valence-electron chi connectivity index (χ1n) is 13.6. The van der Waals surface area contributed by atoms with Gasteiger partial charge in [0.1, 0.15) is 11.9 Å². The maximum absolute atomic E-state index is 13.3. The molecule has 5 heteroatoms. The van der Waals surface area contributed by atoms with E-state index >= 15 is 0 Å². The second-order valence-corrected chi connectivity index (χ2v) is 14.0. The summed E-state index contributed by atoms with van der Waals surface area (Å²) in [5, 5.41) is 42.9. The van der Waals surface area contributed by atoms with Crippen LogP contribution < -0.4 is 0 Å². The lowest BCUT2D eigenvalue weighted by atomic mass is 9.44. The Labute approximate surface area is 206 Å². The van der Waals surface area contributed by atoms with E-state index < -0.39 is 24.4 Å². The summed E-state index contributed by atoms with van der Waals surface area (Å²) in [6.45, 7) is 16.8. The number of aliphatic hydroxyl groups excluding tert-OH is 4. The Hall–Kier alpha value is -0.750. The highest BCUT2D eigenvalue weighted by atomic mass is 16.3. The second kappa shape index (κ2) is 8.68. The van der Waals surface area contributed by atoms with Crippen molar-refractivity contribution in [1.82, 2.24) is 0 Å². The summed E-state index contributed by atoms with van der Waals surface area (Å²) >= 11 is 0. The Bertz CT molecular complexity index is 816. The highest BCUT2D eigenvalue weighted by molar-refractivity contribution is 5.83. The number of hydrogen-bond acceptors (Lipinski definition) is 5. The van der Waals surface area contributed by atoms with E-state index in [4.69, 9.17) is 0 Å². The molecule has 194 valence electrons. The number of Topliss-reactive ketones (excluding diaryl/α,β-unsaturated/α-hetero) is 1. The van der Waals surface area contributed by atoms with Crippen LogP contribution >= 0.6 is 0 Å². The average molecular weight is 477 g/mol. The van der Waals surface area contributed by atoms with E-state index in [0.29, 0.717) is 42.6 Å². The number of ketones is 1. The van der Waals surface area contributed by atoms with Gasteiger partial charge in [-0.2, -0.15) is 0 Å². The highest BCUT2D eigenvalue weighted by Gasteiger charge is 2.63. The summed E-state index contributed by atoms with van der Waals surface area (Å²) in [7, 11) is 0. The van der Waals surface area contributed by atoms with Gasteiger partial charge in [0.05, 0.1) is 18.3 Å². The van der Waals surface area contributed by atoms with E-state index in [1.54, 1.807) is 0 Å². The third-order valence-electron chi connectivity index (χ3n) is 11.4. The second-order valence-electron chi connectivity index (χ2n) is 14.0. The number of hydrogen-bond donors (Lipinski definition) is 4. The number of aliphatic hydroxyl groups is 4. The van der Waals surface area contributed by atoms with Crippen LogP contribution in [0.2, 0.25) is 0 Å². The maximum Gasteiger partial charge on any atom is 0.136 e. The summed E-state index contributed by atoms with van der Waals surface area (Å²) in [6, 6.07) is 0. The molecule has 0 unspecified atom stereocenters. The number of fused-ring (bicyclic) bond motifs is 5. The van der Waals surface area contributed by atoms with Crippen molar-refractivity contribution in [3.63, 3.8) is 0 Å². The van der Waals surface area contributed by atoms with Gasteiger partial charge >= 0.3 is 0 Å². The quantitative estimate of drug-likeness (QED) is 0.458. The predicted molar refractivity (Wildman–Crippen MR) is 133 cm³/mol. The van der Waals surface area contributed by atoms with Gasteiger partial charge in [0, 0.05) is 12.3 Å². The van der Waals surface area contributed by atoms with Crippen molar-refractivity contribution in [2.75, 3.05) is 0 Å². The third-order valence-corrected chi connectivity index (χ3v) is 11.4. The van der Waals surface area contributed by atoms with Gasteiger partial charge in [-0.05, 0) is 89.9 Å². The zero-order valence-electron chi connectivity index (χ0n) is 22.1. The number of rotatable bonds is 4. The molecule has 0 bridgehead atoms. The Morgan fingerprint density at radius 3 is 2.26 bits per heavy atom. The van der Waals surface area contributed by atoms with Crippen LogP contribution in [0.15, 0.2) is 12.2 Å². The molecule has 0 amide bonds. The summed E-state index contributed by atoms with van der Waals surface area (Å²) in [4.78, 5) is 13.3. The van der Waals surface area contributed by atoms with E-state index in [9.17, 15) is 25.2 Å². The molecule has 5 nitrogen and oxygen atoms in total. The van der Waals surface area contributed by atoms with Crippen LogP contribution in [-0.2, 0) is 4.79 Å². The molecule has 4 N–H and O–H groups in total. The monoisotopic (exact) mass is 476 g/mol. The molecule has 34 heavy (non-hydrogen) atoms. The molecule has 0 saturated heterocycles. The molecule has 0 heterocycles. The molecular weight excluding hydrogens is 428 g/mol. The van der Waals surface area contributed by atoms with Gasteiger partial charge in [0.2, 0.25) is 0 Å². The fraction of sp³-hybridized carbons (Fsp3) is 0.897. The maximum atomic E-state index is 13.3. The lowest BCUT2D eigenvalue weighted by Crippen LogP contribution is -2.59. The van der Waals surface area contributed by atoms with Crippen LogP contribution in [0.5, 0.6) is 0 Å². The molecule has 0 spiro atoms. The standard InChI is InChI=1S/C29H48O5/c1-15(25(33)26(34)16(2)27(3,4)5)18-8-9-19-17-12-22(30)21-13-23(31)24(32)14-29(21,7)20(17)10-11-28(18,19)6/h15,17-21,23-26,31-34H,2,8-14H2,1,3-7H3/t15-,17-,18+,19-,20-,21-,23-,24-,25+,26+,28-,29+/m0/s1. The summed E-state index contributed by atoms with van der Waals surface area (Å²) < 4.78 is 0. The van der Waals surface area contributed by atoms with Crippen molar-refractivity contribution in [3.05, 3.63) is 12.2 Å². The average Bonchev–Trinajstić information content (AvgIpc) is 3.10. The summed E-state index contributed by atoms with van der Waals surface area (Å²) in [5.74, 6) is 1.46. The summed E-state index contributed by atoms with van der Waals surface area (Å²) in [6.07, 6.45) is 2.28. The first kappa shape index (κ1) is 26.3. The fourth-order valence-electron chi connectivity index (χ4n) is 9.15. The smallest absolute Gasteiger partial charge is 0.136 e. The van der Waals surface area contributed by atoms with Crippen molar-refractivity contribution in [1.29, 1.82) is 0 Å². The Morgan fingerprint density at radius 1 is 1.03 bits per heavy atom. The van der Waals surface area contributed by atoms with Crippen LogP contribution in [0.3, 0.4) is 0 Å². The van der Waals surface area contributed by atoms with Gasteiger partial charge in [0.25, 0.3) is 0 Å². The SMILES string of the molecule is C=C([C@@H](O)[C@H](O)[C@@H](C)[C@H]1CC[C@H]2[C@@H]3CC(=O)[C@@H]4C[C@H](O)[C@@H](O)C[C@]4(C)[C@H]3CC[C@@]12C)C(C)(C)C. The van der Waals surface area contributed by atoms with Crippen LogP contribution in [0.25, 0.3) is 0 Å². The molecule has 0 aliphatic heterocycles. The van der Waals surface area contributed by atoms with Gasteiger partial charge in [-0.3, -0.25) is 4.79 Å². The third kappa shape index (κ3) is 3.93. The zero-order chi connectivity index (χ0) is 25.4. The topological polar surface area (TPSA) is 98.0 Å². The Morgan fingerprint density at radius 2 is 1.65 bits per heavy atom. The van der Waals surface area contributed by atoms with Crippen molar-refractivity contribution in [2.24, 2.45) is 51.8 Å². The van der Waals surface area contributed by atoms with Gasteiger partial charge in [-0.1, -0.05) is 48.1 Å². The molecule has 4 aliphatic rings. The molecule has 4 fully saturated rings. The molecule has 4 rings (SSSR count). The fourth-order valence-corrected chi connectivity index (χ4v) is 9.15. The van der Waals surface area contributed by atoms with E-state index in [2.05, 4.69) is 27.4 Å². The minimum absolute atomic E-state index is 0.0284. The van der Waals surface area contributed by atoms with Crippen LogP contribution in [0.1, 0.15) is 86.5 Å². The minimum Gasteiger partial charge on any atom is -0.390 e. The van der Waals surface area contributed by atoms with Crippen LogP contribution in [0.4, 0.5) is 0 Å². The van der Waals surface area contributed by atoms with Crippen LogP contribution in [0, 0.1) is 51.8 Å². The van der Waals surface area contributed by atoms with Gasteiger partial charge < -0.3 is 20.4 Å². The molecule has 4 aliphatic carbocycles. The molecular formula is C29H48O5. The Kier molecular flexibility index (Phi) is 6.72. The molecule has 0 aromatic rings. The van der Waals surface area contributed by atoms with Crippen molar-refractivity contribution in [2.45, 2.75) is 111 Å². The zero-order valence-corrected chi connectivity index (χ0v) is 22.1. The molecule has 0 radical (unpaired) electrons. The van der Waals surface area contributed by atoms with Crippen LogP contribution in [-0.4, -0.2) is 50.6 Å². The number of carbonyl (C=O) groups is 1. The van der Waals surface area contributed by atoms with Gasteiger partial charge in [-0.15, -0.1) is 0 Å². The largest absolute Gasteiger partial charge is 0.390 e. The molecule has 0 aromatic carbocycles. The molecule has 0 aromatic heterocycles. The van der Waals surface area contributed by atoms with Crippen molar-refractivity contribution < 1.29 is 25.2 Å². The molecule has 4 saturated carbocycles. The normalized spacial score (nSPS) is 47.2. The molecule has 12 atom stereocenters. The first-order valence-corrected chi connectivity index (χ1v) is 13.6. The van der Waals surface area contributed by atoms with Crippen molar-refractivity contribution >= 4 is 5.78 Å². The van der Waals surface area contributed by atoms with Gasteiger partial charge in [0.15, 0.2) is 0 Å². The first-order chi connectivity index (χ1) is 15.6. The summed E-state index contributed by atoms with van der Waals surface area (Å²) in [5.41, 5.74) is 0.183.